The second-order valence-corrected chi connectivity index (χ2v) is 5.08. The van der Waals surface area contributed by atoms with Crippen molar-refractivity contribution in [2.75, 3.05) is 6.54 Å². The Labute approximate surface area is 97.9 Å². The molecule has 0 aromatic heterocycles. The van der Waals surface area contributed by atoms with Gasteiger partial charge in [-0.2, -0.15) is 13.2 Å². The molecule has 0 saturated carbocycles. The first-order valence-corrected chi connectivity index (χ1v) is 5.37. The maximum absolute atomic E-state index is 12.3. The van der Waals surface area contributed by atoms with Crippen molar-refractivity contribution in [1.82, 2.24) is 10.6 Å². The normalized spacial score (nSPS) is 25.8. The molecule has 1 aliphatic heterocycles. The third-order valence-corrected chi connectivity index (χ3v) is 2.25. The van der Waals surface area contributed by atoms with Crippen LogP contribution in [0.2, 0.25) is 0 Å². The lowest BCUT2D eigenvalue weighted by molar-refractivity contribution is -0.152. The van der Waals surface area contributed by atoms with Gasteiger partial charge in [0, 0.05) is 12.6 Å². The molecule has 1 fully saturated rings. The molecular formula is C10H17F3N2O2. The van der Waals surface area contributed by atoms with E-state index in [0.29, 0.717) is 0 Å². The van der Waals surface area contributed by atoms with Crippen LogP contribution in [0.1, 0.15) is 27.2 Å². The van der Waals surface area contributed by atoms with Gasteiger partial charge in [-0.25, -0.2) is 4.79 Å². The topological polar surface area (TPSA) is 50.4 Å². The minimum Gasteiger partial charge on any atom is -0.444 e. The number of hydrogen-bond donors (Lipinski definition) is 2. The second kappa shape index (κ2) is 4.72. The number of alkyl halides is 3. The van der Waals surface area contributed by atoms with Gasteiger partial charge in [0.25, 0.3) is 0 Å². The van der Waals surface area contributed by atoms with Gasteiger partial charge in [0.05, 0.1) is 0 Å². The van der Waals surface area contributed by atoms with Crippen LogP contribution < -0.4 is 10.6 Å². The van der Waals surface area contributed by atoms with E-state index >= 15 is 0 Å². The molecule has 7 heteroatoms. The summed E-state index contributed by atoms with van der Waals surface area (Å²) in [5, 5.41) is 4.73. The van der Waals surface area contributed by atoms with E-state index in [2.05, 4.69) is 10.6 Å². The zero-order valence-corrected chi connectivity index (χ0v) is 10.0. The van der Waals surface area contributed by atoms with Crippen molar-refractivity contribution in [3.8, 4) is 0 Å². The number of ether oxygens (including phenoxy) is 1. The zero-order valence-electron chi connectivity index (χ0n) is 10.0. The first-order chi connectivity index (χ1) is 7.58. The predicted octanol–water partition coefficient (Wildman–Crippen LogP) is 1.80. The minimum atomic E-state index is -4.27. The molecule has 0 bridgehead atoms. The van der Waals surface area contributed by atoms with Gasteiger partial charge in [-0.3, -0.25) is 0 Å². The van der Waals surface area contributed by atoms with Gasteiger partial charge < -0.3 is 15.4 Å². The fraction of sp³-hybridized carbons (Fsp3) is 0.900. The van der Waals surface area contributed by atoms with Crippen molar-refractivity contribution < 1.29 is 22.7 Å². The molecular weight excluding hydrogens is 237 g/mol. The molecule has 0 aliphatic carbocycles. The smallest absolute Gasteiger partial charge is 0.407 e. The highest BCUT2D eigenvalue weighted by atomic mass is 19.4. The van der Waals surface area contributed by atoms with Crippen LogP contribution in [0.25, 0.3) is 0 Å². The molecule has 0 radical (unpaired) electrons. The van der Waals surface area contributed by atoms with E-state index in [0.717, 1.165) is 0 Å². The molecule has 1 amide bonds. The molecule has 4 nitrogen and oxygen atoms in total. The fourth-order valence-corrected chi connectivity index (χ4v) is 1.57. The predicted molar refractivity (Wildman–Crippen MR) is 55.6 cm³/mol. The van der Waals surface area contributed by atoms with Crippen LogP contribution in [0.5, 0.6) is 0 Å². The zero-order chi connectivity index (χ0) is 13.3. The molecule has 100 valence electrons. The van der Waals surface area contributed by atoms with E-state index in [1.165, 1.54) is 0 Å². The average molecular weight is 254 g/mol. The van der Waals surface area contributed by atoms with E-state index < -0.39 is 30.0 Å². The number of amides is 1. The number of rotatable bonds is 1. The summed E-state index contributed by atoms with van der Waals surface area (Å²) in [6.07, 6.45) is -5.13. The number of carbonyl (C=O) groups is 1. The Morgan fingerprint density at radius 1 is 1.35 bits per heavy atom. The van der Waals surface area contributed by atoms with E-state index in [-0.39, 0.29) is 13.0 Å². The van der Waals surface area contributed by atoms with E-state index in [9.17, 15) is 18.0 Å². The molecule has 0 spiro atoms. The number of hydrogen-bond acceptors (Lipinski definition) is 3. The summed E-state index contributed by atoms with van der Waals surface area (Å²) in [5.41, 5.74) is -0.653. The van der Waals surface area contributed by atoms with Crippen molar-refractivity contribution >= 4 is 6.09 Å². The Morgan fingerprint density at radius 3 is 2.35 bits per heavy atom. The Morgan fingerprint density at radius 2 is 1.94 bits per heavy atom. The van der Waals surface area contributed by atoms with Gasteiger partial charge >= 0.3 is 12.3 Å². The molecule has 0 aromatic carbocycles. The summed E-state index contributed by atoms with van der Waals surface area (Å²) in [6, 6.07) is -2.10. The van der Waals surface area contributed by atoms with Gasteiger partial charge in [0.2, 0.25) is 0 Å². The summed E-state index contributed by atoms with van der Waals surface area (Å²) in [7, 11) is 0. The molecule has 17 heavy (non-hydrogen) atoms. The molecule has 2 N–H and O–H groups in total. The van der Waals surface area contributed by atoms with Crippen LogP contribution in [0.15, 0.2) is 0 Å². The van der Waals surface area contributed by atoms with Gasteiger partial charge in [-0.1, -0.05) is 0 Å². The summed E-state index contributed by atoms with van der Waals surface area (Å²) < 4.78 is 42.0. The quantitative estimate of drug-likeness (QED) is 0.750. The minimum absolute atomic E-state index is 0.101. The monoisotopic (exact) mass is 254 g/mol. The SMILES string of the molecule is CC(C)(C)OC(=O)N[C@H]1CN[C@H](C(F)(F)F)C1. The fourth-order valence-electron chi connectivity index (χ4n) is 1.57. The second-order valence-electron chi connectivity index (χ2n) is 5.08. The van der Waals surface area contributed by atoms with Gasteiger partial charge in [0.1, 0.15) is 11.6 Å². The highest BCUT2D eigenvalue weighted by Gasteiger charge is 2.44. The Balaban J connectivity index is 2.38. The summed E-state index contributed by atoms with van der Waals surface area (Å²) in [4.78, 5) is 11.3. The number of halogens is 3. The Kier molecular flexibility index (Phi) is 3.91. The van der Waals surface area contributed by atoms with Crippen molar-refractivity contribution in [3.63, 3.8) is 0 Å². The summed E-state index contributed by atoms with van der Waals surface area (Å²) >= 11 is 0. The molecule has 1 rings (SSSR count). The van der Waals surface area contributed by atoms with Crippen LogP contribution in [0.4, 0.5) is 18.0 Å². The van der Waals surface area contributed by atoms with Gasteiger partial charge in [-0.05, 0) is 27.2 Å². The molecule has 1 saturated heterocycles. The lowest BCUT2D eigenvalue weighted by atomic mass is 10.1. The summed E-state index contributed by atoms with van der Waals surface area (Å²) in [5.74, 6) is 0. The standard InChI is InChI=1S/C10H17F3N2O2/c1-9(2,3)17-8(16)15-6-4-7(14-5-6)10(11,12)13/h6-7,14H,4-5H2,1-3H3,(H,15,16)/t6-,7+/m1/s1. The van der Waals surface area contributed by atoms with Gasteiger partial charge in [-0.15, -0.1) is 0 Å². The van der Waals surface area contributed by atoms with E-state index in [1.54, 1.807) is 20.8 Å². The van der Waals surface area contributed by atoms with E-state index in [4.69, 9.17) is 4.74 Å². The summed E-state index contributed by atoms with van der Waals surface area (Å²) in [6.45, 7) is 5.18. The number of alkyl carbamates (subject to hydrolysis) is 1. The van der Waals surface area contributed by atoms with Crippen LogP contribution in [0, 0.1) is 0 Å². The largest absolute Gasteiger partial charge is 0.444 e. The maximum Gasteiger partial charge on any atom is 0.407 e. The van der Waals surface area contributed by atoms with Gasteiger partial charge in [0.15, 0.2) is 0 Å². The van der Waals surface area contributed by atoms with Crippen LogP contribution in [0.3, 0.4) is 0 Å². The van der Waals surface area contributed by atoms with Crippen LogP contribution in [-0.2, 0) is 4.74 Å². The first kappa shape index (κ1) is 14.1. The maximum atomic E-state index is 12.3. The number of nitrogens with one attached hydrogen (secondary N) is 2. The van der Waals surface area contributed by atoms with Crippen molar-refractivity contribution in [2.24, 2.45) is 0 Å². The number of carbonyl (C=O) groups excluding carboxylic acids is 1. The Hall–Kier alpha value is -0.980. The lowest BCUT2D eigenvalue weighted by Crippen LogP contribution is -2.40. The lowest BCUT2D eigenvalue weighted by Gasteiger charge is -2.21. The first-order valence-electron chi connectivity index (χ1n) is 5.37. The van der Waals surface area contributed by atoms with E-state index in [1.807, 2.05) is 0 Å². The molecule has 1 heterocycles. The molecule has 0 aromatic rings. The van der Waals surface area contributed by atoms with Crippen LogP contribution in [-0.4, -0.2) is 36.5 Å². The highest BCUT2D eigenvalue weighted by Crippen LogP contribution is 2.26. The van der Waals surface area contributed by atoms with Crippen molar-refractivity contribution in [2.45, 2.75) is 51.1 Å². The Bertz CT molecular complexity index is 286. The third kappa shape index (κ3) is 4.80. The average Bonchev–Trinajstić information content (AvgIpc) is 2.47. The third-order valence-electron chi connectivity index (χ3n) is 2.25. The molecule has 1 aliphatic rings. The molecule has 0 unspecified atom stereocenters. The van der Waals surface area contributed by atoms with Crippen molar-refractivity contribution in [3.05, 3.63) is 0 Å². The van der Waals surface area contributed by atoms with Crippen molar-refractivity contribution in [1.29, 1.82) is 0 Å². The van der Waals surface area contributed by atoms with Crippen LogP contribution >= 0.6 is 0 Å². The highest BCUT2D eigenvalue weighted by molar-refractivity contribution is 5.68. The molecule has 2 atom stereocenters.